The van der Waals surface area contributed by atoms with Crippen molar-refractivity contribution in [2.24, 2.45) is 0 Å². The highest BCUT2D eigenvalue weighted by Gasteiger charge is 2.32. The molecule has 0 aromatic carbocycles. The Kier molecular flexibility index (Phi) is 6.28. The van der Waals surface area contributed by atoms with Crippen molar-refractivity contribution in [1.29, 1.82) is 0 Å². The normalized spacial score (nSPS) is 15.6. The number of thiocarbonyl (C=S) groups is 1. The fourth-order valence-electron chi connectivity index (χ4n) is 2.70. The van der Waals surface area contributed by atoms with Crippen LogP contribution >= 0.6 is 24.0 Å². The Morgan fingerprint density at radius 2 is 2.18 bits per heavy atom. The van der Waals surface area contributed by atoms with Crippen molar-refractivity contribution < 1.29 is 9.53 Å². The Bertz CT molecular complexity index is 1050. The molecule has 1 amide bonds. The minimum atomic E-state index is -0.262. The van der Waals surface area contributed by atoms with E-state index in [0.717, 1.165) is 5.56 Å². The SMILES string of the molecule is C=CCNc1nc2ccc(C)cn2c(=O)c1/C=C1/SC(=S)N(CCOC)C1=O. The van der Waals surface area contributed by atoms with E-state index < -0.39 is 0 Å². The van der Waals surface area contributed by atoms with Gasteiger partial charge < -0.3 is 10.1 Å². The van der Waals surface area contributed by atoms with Crippen LogP contribution < -0.4 is 10.9 Å². The number of rotatable bonds is 7. The molecule has 9 heteroatoms. The molecule has 1 aliphatic rings. The molecular weight excluding hydrogens is 396 g/mol. The minimum Gasteiger partial charge on any atom is -0.383 e. The van der Waals surface area contributed by atoms with Gasteiger partial charge in [0.05, 0.1) is 23.6 Å². The van der Waals surface area contributed by atoms with Crippen LogP contribution in [0.25, 0.3) is 11.7 Å². The lowest BCUT2D eigenvalue weighted by Crippen LogP contribution is -2.31. The van der Waals surface area contributed by atoms with E-state index in [2.05, 4.69) is 16.9 Å². The Balaban J connectivity index is 2.10. The number of aromatic nitrogens is 2. The molecule has 1 N–H and O–H groups in total. The number of hydrogen-bond acceptors (Lipinski definition) is 7. The molecule has 2 aromatic heterocycles. The molecule has 0 unspecified atom stereocenters. The summed E-state index contributed by atoms with van der Waals surface area (Å²) in [6, 6.07) is 3.67. The standard InChI is InChI=1S/C19H20N4O3S2/c1-4-7-20-16-13(17(24)23-11-12(2)5-6-15(23)21-16)10-14-18(25)22(8-9-26-3)19(27)28-14/h4-6,10-11,20H,1,7-9H2,2-3H3/b14-10+. The number of aryl methyl sites for hydroxylation is 1. The van der Waals surface area contributed by atoms with Gasteiger partial charge in [-0.25, -0.2) is 4.98 Å². The summed E-state index contributed by atoms with van der Waals surface area (Å²) in [4.78, 5) is 32.2. The molecule has 1 fully saturated rings. The van der Waals surface area contributed by atoms with Gasteiger partial charge in [-0.05, 0) is 24.6 Å². The summed E-state index contributed by atoms with van der Waals surface area (Å²) < 4.78 is 6.95. The first-order valence-corrected chi connectivity index (χ1v) is 9.81. The van der Waals surface area contributed by atoms with Gasteiger partial charge in [-0.3, -0.25) is 18.9 Å². The number of nitrogens with zero attached hydrogens (tertiary/aromatic N) is 3. The largest absolute Gasteiger partial charge is 0.383 e. The Morgan fingerprint density at radius 3 is 2.89 bits per heavy atom. The fraction of sp³-hybridized carbons (Fsp3) is 0.263. The number of nitrogens with one attached hydrogen (secondary N) is 1. The van der Waals surface area contributed by atoms with Crippen LogP contribution in [0.4, 0.5) is 5.82 Å². The average Bonchev–Trinajstić information content (AvgIpc) is 2.94. The number of anilines is 1. The van der Waals surface area contributed by atoms with Gasteiger partial charge in [0, 0.05) is 19.9 Å². The molecule has 0 bridgehead atoms. The van der Waals surface area contributed by atoms with E-state index in [-0.39, 0.29) is 11.5 Å². The highest BCUT2D eigenvalue weighted by atomic mass is 32.2. The summed E-state index contributed by atoms with van der Waals surface area (Å²) >= 11 is 6.46. The maximum atomic E-state index is 13.1. The van der Waals surface area contributed by atoms with Crippen molar-refractivity contribution in [3.8, 4) is 0 Å². The number of carbonyl (C=O) groups excluding carboxylic acids is 1. The van der Waals surface area contributed by atoms with Crippen molar-refractivity contribution in [2.75, 3.05) is 32.1 Å². The third-order valence-corrected chi connectivity index (χ3v) is 5.47. The summed E-state index contributed by atoms with van der Waals surface area (Å²) in [6.07, 6.45) is 4.96. The first kappa shape index (κ1) is 20.2. The predicted molar refractivity (Wildman–Crippen MR) is 117 cm³/mol. The molecule has 0 atom stereocenters. The van der Waals surface area contributed by atoms with E-state index in [1.165, 1.54) is 21.1 Å². The predicted octanol–water partition coefficient (Wildman–Crippen LogP) is 2.45. The summed E-state index contributed by atoms with van der Waals surface area (Å²) in [5, 5.41) is 3.08. The Morgan fingerprint density at radius 1 is 1.39 bits per heavy atom. The van der Waals surface area contributed by atoms with E-state index in [1.807, 2.05) is 13.0 Å². The second-order valence-electron chi connectivity index (χ2n) is 6.11. The Hall–Kier alpha value is -2.49. The number of ether oxygens (including phenoxy) is 1. The number of methoxy groups -OCH3 is 1. The van der Waals surface area contributed by atoms with Crippen LogP contribution in [0.2, 0.25) is 0 Å². The summed E-state index contributed by atoms with van der Waals surface area (Å²) in [7, 11) is 1.56. The molecule has 0 aliphatic carbocycles. The molecule has 1 aliphatic heterocycles. The lowest BCUT2D eigenvalue weighted by molar-refractivity contribution is -0.122. The maximum Gasteiger partial charge on any atom is 0.267 e. The number of hydrogen-bond donors (Lipinski definition) is 1. The van der Waals surface area contributed by atoms with Crippen LogP contribution in [0, 0.1) is 6.92 Å². The van der Waals surface area contributed by atoms with Crippen LogP contribution in [-0.4, -0.2) is 51.3 Å². The fourth-order valence-corrected chi connectivity index (χ4v) is 3.99. The zero-order valence-electron chi connectivity index (χ0n) is 15.6. The molecule has 2 aromatic rings. The molecule has 7 nitrogen and oxygen atoms in total. The summed E-state index contributed by atoms with van der Waals surface area (Å²) in [6.45, 7) is 6.77. The number of carbonyl (C=O) groups is 1. The van der Waals surface area contributed by atoms with Crippen LogP contribution in [0.15, 0.2) is 40.7 Å². The Labute approximate surface area is 172 Å². The molecule has 28 heavy (non-hydrogen) atoms. The third kappa shape index (κ3) is 4.01. The van der Waals surface area contributed by atoms with E-state index in [0.29, 0.717) is 46.0 Å². The number of amides is 1. The highest BCUT2D eigenvalue weighted by molar-refractivity contribution is 8.26. The second kappa shape index (κ2) is 8.68. The second-order valence-corrected chi connectivity index (χ2v) is 7.79. The van der Waals surface area contributed by atoms with Crippen molar-refractivity contribution in [2.45, 2.75) is 6.92 Å². The van der Waals surface area contributed by atoms with Crippen molar-refractivity contribution in [3.63, 3.8) is 0 Å². The van der Waals surface area contributed by atoms with Gasteiger partial charge in [-0.1, -0.05) is 36.1 Å². The van der Waals surface area contributed by atoms with Crippen LogP contribution in [0.3, 0.4) is 0 Å². The maximum absolute atomic E-state index is 13.1. The van der Waals surface area contributed by atoms with Gasteiger partial charge in [0.1, 0.15) is 15.8 Å². The molecule has 146 valence electrons. The lowest BCUT2D eigenvalue weighted by atomic mass is 10.2. The highest BCUT2D eigenvalue weighted by Crippen LogP contribution is 2.32. The molecule has 0 spiro atoms. The summed E-state index contributed by atoms with van der Waals surface area (Å²) in [5.74, 6) is 0.159. The lowest BCUT2D eigenvalue weighted by Gasteiger charge is -2.13. The molecule has 3 rings (SSSR count). The van der Waals surface area contributed by atoms with Crippen LogP contribution in [0.5, 0.6) is 0 Å². The number of pyridine rings is 1. The minimum absolute atomic E-state index is 0.240. The van der Waals surface area contributed by atoms with E-state index in [9.17, 15) is 9.59 Å². The van der Waals surface area contributed by atoms with E-state index in [1.54, 1.807) is 31.5 Å². The van der Waals surface area contributed by atoms with Crippen LogP contribution in [-0.2, 0) is 9.53 Å². The van der Waals surface area contributed by atoms with E-state index in [4.69, 9.17) is 17.0 Å². The van der Waals surface area contributed by atoms with Gasteiger partial charge in [0.25, 0.3) is 11.5 Å². The zero-order chi connectivity index (χ0) is 20.3. The number of fused-ring (bicyclic) bond motifs is 1. The first-order chi connectivity index (χ1) is 13.5. The molecular formula is C19H20N4O3S2. The number of thioether (sulfide) groups is 1. The summed E-state index contributed by atoms with van der Waals surface area (Å²) in [5.41, 5.74) is 1.49. The molecule has 0 saturated carbocycles. The van der Waals surface area contributed by atoms with Gasteiger partial charge in [0.15, 0.2) is 0 Å². The van der Waals surface area contributed by atoms with Crippen molar-refractivity contribution in [1.82, 2.24) is 14.3 Å². The van der Waals surface area contributed by atoms with Crippen molar-refractivity contribution in [3.05, 3.63) is 57.4 Å². The van der Waals surface area contributed by atoms with Gasteiger partial charge in [0.2, 0.25) is 0 Å². The van der Waals surface area contributed by atoms with Gasteiger partial charge in [-0.2, -0.15) is 0 Å². The van der Waals surface area contributed by atoms with E-state index >= 15 is 0 Å². The van der Waals surface area contributed by atoms with Crippen molar-refractivity contribution >= 4 is 51.7 Å². The molecule has 0 radical (unpaired) electrons. The monoisotopic (exact) mass is 416 g/mol. The topological polar surface area (TPSA) is 75.9 Å². The van der Waals surface area contributed by atoms with Gasteiger partial charge >= 0.3 is 0 Å². The molecule has 3 heterocycles. The zero-order valence-corrected chi connectivity index (χ0v) is 17.2. The smallest absolute Gasteiger partial charge is 0.267 e. The average molecular weight is 417 g/mol. The third-order valence-electron chi connectivity index (χ3n) is 4.09. The quantitative estimate of drug-likeness (QED) is 0.422. The molecule has 1 saturated heterocycles. The first-order valence-electron chi connectivity index (χ1n) is 8.58. The van der Waals surface area contributed by atoms with Crippen LogP contribution in [0.1, 0.15) is 11.1 Å². The van der Waals surface area contributed by atoms with Gasteiger partial charge in [-0.15, -0.1) is 6.58 Å².